The fraction of sp³-hybridized carbons (Fsp3) is 0.696. The van der Waals surface area contributed by atoms with Crippen LogP contribution in [0.4, 0.5) is 0 Å². The third-order valence-electron chi connectivity index (χ3n) is 6.27. The van der Waals surface area contributed by atoms with Gasteiger partial charge in [0.05, 0.1) is 26.4 Å². The van der Waals surface area contributed by atoms with Crippen LogP contribution in [0, 0.1) is 5.92 Å². The number of methoxy groups -OCH3 is 1. The molecular weight excluding hydrogens is 505 g/mol. The normalized spacial score (nSPS) is 20.0. The number of nitrogens with zero attached hydrogens (tertiary/aromatic N) is 3. The van der Waals surface area contributed by atoms with Crippen LogP contribution in [0.3, 0.4) is 0 Å². The molecule has 0 radical (unpaired) electrons. The Kier molecular flexibility index (Phi) is 11.9. The highest BCUT2D eigenvalue weighted by atomic mass is 127. The van der Waals surface area contributed by atoms with Gasteiger partial charge in [0, 0.05) is 39.8 Å². The zero-order valence-electron chi connectivity index (χ0n) is 19.3. The summed E-state index contributed by atoms with van der Waals surface area (Å²) in [6.07, 6.45) is 2.63. The van der Waals surface area contributed by atoms with Gasteiger partial charge >= 0.3 is 0 Å². The first kappa shape index (κ1) is 26.2. The molecule has 0 amide bonds. The lowest BCUT2D eigenvalue weighted by Gasteiger charge is -2.35. The summed E-state index contributed by atoms with van der Waals surface area (Å²) < 4.78 is 10.9. The highest BCUT2D eigenvalue weighted by Crippen LogP contribution is 2.23. The Balaban J connectivity index is 0.00000341. The Bertz CT molecular complexity index is 644. The third-order valence-corrected chi connectivity index (χ3v) is 6.27. The maximum Gasteiger partial charge on any atom is 0.191 e. The molecule has 0 bridgehead atoms. The van der Waals surface area contributed by atoms with E-state index in [4.69, 9.17) is 9.47 Å². The molecule has 2 fully saturated rings. The Morgan fingerprint density at radius 2 is 1.81 bits per heavy atom. The summed E-state index contributed by atoms with van der Waals surface area (Å²) in [5.41, 5.74) is 1.28. The number of hydrogen-bond donors (Lipinski definition) is 2. The Morgan fingerprint density at radius 3 is 2.42 bits per heavy atom. The first-order chi connectivity index (χ1) is 14.7. The van der Waals surface area contributed by atoms with Crippen molar-refractivity contribution in [2.45, 2.75) is 25.8 Å². The van der Waals surface area contributed by atoms with Crippen molar-refractivity contribution in [3.8, 4) is 5.75 Å². The summed E-state index contributed by atoms with van der Waals surface area (Å²) in [7, 11) is 3.55. The van der Waals surface area contributed by atoms with Crippen LogP contribution in [-0.4, -0.2) is 88.9 Å². The predicted octanol–water partition coefficient (Wildman–Crippen LogP) is 2.58. The molecule has 3 rings (SSSR count). The molecule has 1 aromatic rings. The van der Waals surface area contributed by atoms with Crippen LogP contribution in [-0.2, 0) is 4.74 Å². The van der Waals surface area contributed by atoms with Gasteiger partial charge < -0.3 is 25.0 Å². The SMILES string of the molecule is CN=C(NCCN1CCC(C)CC1)NCC(c1ccc(OC)cc1)N1CCOCC1.I. The standard InChI is InChI=1S/C23H39N5O2.HI/c1-19-8-11-27(12-9-19)13-10-25-23(24-2)26-18-22(28-14-16-30-17-15-28)20-4-6-21(29-3)7-5-20;/h4-7,19,22H,8-18H2,1-3H3,(H2,24,25,26);1H. The maximum absolute atomic E-state index is 5.56. The van der Waals surface area contributed by atoms with Crippen molar-refractivity contribution in [3.05, 3.63) is 29.8 Å². The molecule has 0 aliphatic carbocycles. The van der Waals surface area contributed by atoms with Crippen LogP contribution in [0.25, 0.3) is 0 Å². The number of ether oxygens (including phenoxy) is 2. The van der Waals surface area contributed by atoms with Gasteiger partial charge in [-0.25, -0.2) is 0 Å². The van der Waals surface area contributed by atoms with Crippen molar-refractivity contribution >= 4 is 29.9 Å². The van der Waals surface area contributed by atoms with Gasteiger partial charge in [-0.05, 0) is 49.5 Å². The number of morpholine rings is 1. The third kappa shape index (κ3) is 8.40. The van der Waals surface area contributed by atoms with Crippen molar-refractivity contribution in [3.63, 3.8) is 0 Å². The van der Waals surface area contributed by atoms with E-state index in [2.05, 4.69) is 44.5 Å². The van der Waals surface area contributed by atoms with E-state index >= 15 is 0 Å². The molecule has 7 nitrogen and oxygen atoms in total. The van der Waals surface area contributed by atoms with Crippen LogP contribution in [0.2, 0.25) is 0 Å². The zero-order chi connectivity index (χ0) is 21.2. The van der Waals surface area contributed by atoms with Gasteiger partial charge in [-0.3, -0.25) is 9.89 Å². The first-order valence-electron chi connectivity index (χ1n) is 11.3. The molecule has 2 aliphatic rings. The maximum atomic E-state index is 5.56. The lowest BCUT2D eigenvalue weighted by molar-refractivity contribution is 0.0170. The second-order valence-electron chi connectivity index (χ2n) is 8.34. The van der Waals surface area contributed by atoms with Crippen molar-refractivity contribution < 1.29 is 9.47 Å². The number of likely N-dealkylation sites (tertiary alicyclic amines) is 1. The van der Waals surface area contributed by atoms with E-state index in [0.29, 0.717) is 0 Å². The summed E-state index contributed by atoms with van der Waals surface area (Å²) in [5, 5.41) is 7.04. The second kappa shape index (κ2) is 14.1. The Hall–Kier alpha value is -1.10. The Morgan fingerprint density at radius 1 is 1.13 bits per heavy atom. The van der Waals surface area contributed by atoms with Gasteiger partial charge in [0.25, 0.3) is 0 Å². The van der Waals surface area contributed by atoms with Gasteiger partial charge in [-0.1, -0.05) is 19.1 Å². The van der Waals surface area contributed by atoms with Crippen LogP contribution in [0.15, 0.2) is 29.3 Å². The molecular formula is C23H40IN5O2. The fourth-order valence-electron chi connectivity index (χ4n) is 4.21. The van der Waals surface area contributed by atoms with Gasteiger partial charge in [0.2, 0.25) is 0 Å². The molecule has 0 aromatic heterocycles. The summed E-state index contributed by atoms with van der Waals surface area (Å²) in [6.45, 7) is 11.0. The van der Waals surface area contributed by atoms with Crippen molar-refractivity contribution in [2.75, 3.05) is 73.2 Å². The predicted molar refractivity (Wildman–Crippen MR) is 138 cm³/mol. The second-order valence-corrected chi connectivity index (χ2v) is 8.34. The number of rotatable bonds is 8. The number of nitrogens with one attached hydrogen (secondary N) is 2. The average molecular weight is 546 g/mol. The zero-order valence-corrected chi connectivity index (χ0v) is 21.6. The monoisotopic (exact) mass is 545 g/mol. The highest BCUT2D eigenvalue weighted by Gasteiger charge is 2.23. The molecule has 2 N–H and O–H groups in total. The summed E-state index contributed by atoms with van der Waals surface area (Å²) in [5.74, 6) is 2.63. The smallest absolute Gasteiger partial charge is 0.191 e. The van der Waals surface area contributed by atoms with E-state index < -0.39 is 0 Å². The molecule has 0 saturated carbocycles. The molecule has 2 aliphatic heterocycles. The van der Waals surface area contributed by atoms with Crippen LogP contribution >= 0.6 is 24.0 Å². The number of hydrogen-bond acceptors (Lipinski definition) is 5. The Labute approximate surface area is 205 Å². The molecule has 8 heteroatoms. The minimum atomic E-state index is 0. The van der Waals surface area contributed by atoms with Gasteiger partial charge in [0.1, 0.15) is 5.75 Å². The lowest BCUT2D eigenvalue weighted by atomic mass is 9.99. The molecule has 1 unspecified atom stereocenters. The number of piperidine rings is 1. The van der Waals surface area contributed by atoms with Crippen LogP contribution in [0.1, 0.15) is 31.4 Å². The molecule has 0 spiro atoms. The number of aliphatic imine (C=N–C) groups is 1. The summed E-state index contributed by atoms with van der Waals surface area (Å²) >= 11 is 0. The number of benzene rings is 1. The summed E-state index contributed by atoms with van der Waals surface area (Å²) in [4.78, 5) is 9.47. The van der Waals surface area contributed by atoms with Crippen LogP contribution in [0.5, 0.6) is 5.75 Å². The molecule has 176 valence electrons. The molecule has 31 heavy (non-hydrogen) atoms. The quantitative estimate of drug-likeness (QED) is 0.298. The van der Waals surface area contributed by atoms with Gasteiger partial charge in [-0.15, -0.1) is 24.0 Å². The number of halogens is 1. The van der Waals surface area contributed by atoms with Gasteiger partial charge in [-0.2, -0.15) is 0 Å². The van der Waals surface area contributed by atoms with E-state index in [1.807, 2.05) is 19.2 Å². The fourth-order valence-corrected chi connectivity index (χ4v) is 4.21. The summed E-state index contributed by atoms with van der Waals surface area (Å²) in [6, 6.07) is 8.66. The highest BCUT2D eigenvalue weighted by molar-refractivity contribution is 14.0. The van der Waals surface area contributed by atoms with Crippen molar-refractivity contribution in [1.29, 1.82) is 0 Å². The minimum absolute atomic E-state index is 0. The largest absolute Gasteiger partial charge is 0.497 e. The molecule has 2 heterocycles. The van der Waals surface area contributed by atoms with E-state index in [-0.39, 0.29) is 30.0 Å². The van der Waals surface area contributed by atoms with E-state index in [0.717, 1.165) is 63.6 Å². The van der Waals surface area contributed by atoms with Gasteiger partial charge in [0.15, 0.2) is 5.96 Å². The first-order valence-corrected chi connectivity index (χ1v) is 11.3. The van der Waals surface area contributed by atoms with Crippen molar-refractivity contribution in [2.24, 2.45) is 10.9 Å². The average Bonchev–Trinajstić information content (AvgIpc) is 2.80. The van der Waals surface area contributed by atoms with E-state index in [9.17, 15) is 0 Å². The number of guanidine groups is 1. The lowest BCUT2D eigenvalue weighted by Crippen LogP contribution is -2.47. The topological polar surface area (TPSA) is 61.4 Å². The molecule has 1 atom stereocenters. The van der Waals surface area contributed by atoms with Crippen LogP contribution < -0.4 is 15.4 Å². The molecule has 2 saturated heterocycles. The molecule has 1 aromatic carbocycles. The van der Waals surface area contributed by atoms with E-state index in [1.54, 1.807) is 7.11 Å². The minimum Gasteiger partial charge on any atom is -0.497 e. The van der Waals surface area contributed by atoms with Crippen molar-refractivity contribution in [1.82, 2.24) is 20.4 Å². The van der Waals surface area contributed by atoms with E-state index in [1.165, 1.54) is 31.5 Å².